The summed E-state index contributed by atoms with van der Waals surface area (Å²) in [7, 11) is 1.93. The Morgan fingerprint density at radius 3 is 3.00 bits per heavy atom. The zero-order chi connectivity index (χ0) is 17.3. The average molecular weight is 326 g/mol. The molecule has 3 rings (SSSR count). The second-order valence-electron chi connectivity index (χ2n) is 5.95. The summed E-state index contributed by atoms with van der Waals surface area (Å²) in [4.78, 5) is 39.0. The number of ketones is 1. The highest BCUT2D eigenvalue weighted by molar-refractivity contribution is 6.03. The third-order valence-corrected chi connectivity index (χ3v) is 4.47. The number of nitriles is 1. The van der Waals surface area contributed by atoms with Gasteiger partial charge in [0.25, 0.3) is 0 Å². The molecule has 0 bridgehead atoms. The third kappa shape index (κ3) is 2.69. The molecule has 1 amide bonds. The lowest BCUT2D eigenvalue weighted by molar-refractivity contribution is -0.137. The first-order chi connectivity index (χ1) is 11.5. The van der Waals surface area contributed by atoms with Gasteiger partial charge in [0.15, 0.2) is 11.7 Å². The van der Waals surface area contributed by atoms with Crippen LogP contribution < -0.4 is 4.90 Å². The molecule has 3 heterocycles. The number of hydrogen-bond acceptors (Lipinski definition) is 6. The summed E-state index contributed by atoms with van der Waals surface area (Å²) in [5.41, 5.74) is 0.763. The summed E-state index contributed by atoms with van der Waals surface area (Å²) in [6.07, 6.45) is 4.07. The van der Waals surface area contributed by atoms with E-state index >= 15 is 0 Å². The second kappa shape index (κ2) is 6.28. The minimum Gasteiger partial charge on any atom is -0.354 e. The lowest BCUT2D eigenvalue weighted by Gasteiger charge is -2.26. The van der Waals surface area contributed by atoms with Gasteiger partial charge in [-0.15, -0.1) is 0 Å². The molecule has 8 heteroatoms. The van der Waals surface area contributed by atoms with E-state index in [-0.39, 0.29) is 6.04 Å². The Morgan fingerprint density at radius 1 is 1.50 bits per heavy atom. The molecule has 0 aliphatic carbocycles. The van der Waals surface area contributed by atoms with Crippen molar-refractivity contribution in [2.24, 2.45) is 5.92 Å². The van der Waals surface area contributed by atoms with Gasteiger partial charge >= 0.3 is 0 Å². The van der Waals surface area contributed by atoms with Gasteiger partial charge in [-0.3, -0.25) is 9.59 Å². The summed E-state index contributed by atoms with van der Waals surface area (Å²) >= 11 is 0. The van der Waals surface area contributed by atoms with Gasteiger partial charge in [-0.05, 0) is 19.4 Å². The molecule has 1 aliphatic rings. The SMILES string of the molecule is CC(=O)C(C#N)C(=O)N1CCC(N(C)c2ncnc3[nH]ccc23)C1. The number of carbonyl (C=O) groups excluding carboxylic acids is 2. The van der Waals surface area contributed by atoms with E-state index in [4.69, 9.17) is 5.26 Å². The van der Waals surface area contributed by atoms with Crippen molar-refractivity contribution in [1.29, 1.82) is 5.26 Å². The van der Waals surface area contributed by atoms with Gasteiger partial charge in [-0.2, -0.15) is 5.26 Å². The molecule has 2 aromatic rings. The number of carbonyl (C=O) groups is 2. The van der Waals surface area contributed by atoms with Crippen molar-refractivity contribution in [1.82, 2.24) is 19.9 Å². The zero-order valence-corrected chi connectivity index (χ0v) is 13.6. The summed E-state index contributed by atoms with van der Waals surface area (Å²) in [6, 6.07) is 3.79. The largest absolute Gasteiger partial charge is 0.354 e. The molecule has 0 spiro atoms. The molecule has 1 fully saturated rings. The number of amides is 1. The van der Waals surface area contributed by atoms with Crippen LogP contribution in [0.25, 0.3) is 11.0 Å². The topological polar surface area (TPSA) is 106 Å². The number of aromatic nitrogens is 3. The van der Waals surface area contributed by atoms with E-state index < -0.39 is 17.6 Å². The van der Waals surface area contributed by atoms with E-state index in [0.29, 0.717) is 13.1 Å². The van der Waals surface area contributed by atoms with Crippen LogP contribution in [-0.2, 0) is 9.59 Å². The first-order valence-electron chi connectivity index (χ1n) is 7.72. The predicted molar refractivity (Wildman–Crippen MR) is 87.1 cm³/mol. The van der Waals surface area contributed by atoms with Crippen LogP contribution in [-0.4, -0.2) is 57.7 Å². The lowest BCUT2D eigenvalue weighted by Crippen LogP contribution is -2.40. The smallest absolute Gasteiger partial charge is 0.247 e. The van der Waals surface area contributed by atoms with Gasteiger partial charge in [0.05, 0.1) is 11.5 Å². The van der Waals surface area contributed by atoms with Crippen LogP contribution in [0.1, 0.15) is 13.3 Å². The van der Waals surface area contributed by atoms with E-state index in [2.05, 4.69) is 15.0 Å². The fraction of sp³-hybridized carbons (Fsp3) is 0.438. The van der Waals surface area contributed by atoms with Crippen molar-refractivity contribution in [2.45, 2.75) is 19.4 Å². The van der Waals surface area contributed by atoms with Crippen molar-refractivity contribution in [2.75, 3.05) is 25.0 Å². The number of nitrogens with one attached hydrogen (secondary N) is 1. The zero-order valence-electron chi connectivity index (χ0n) is 13.6. The Hall–Kier alpha value is -2.95. The van der Waals surface area contributed by atoms with Crippen LogP contribution >= 0.6 is 0 Å². The van der Waals surface area contributed by atoms with Crippen LogP contribution in [0.15, 0.2) is 18.6 Å². The average Bonchev–Trinajstić information content (AvgIpc) is 3.23. The van der Waals surface area contributed by atoms with Gasteiger partial charge in [0, 0.05) is 32.4 Å². The molecule has 24 heavy (non-hydrogen) atoms. The number of nitrogens with zero attached hydrogens (tertiary/aromatic N) is 5. The molecule has 1 saturated heterocycles. The molecule has 1 N–H and O–H groups in total. The number of fused-ring (bicyclic) bond motifs is 1. The van der Waals surface area contributed by atoms with E-state index in [1.54, 1.807) is 11.0 Å². The molecule has 1 aliphatic heterocycles. The first-order valence-corrected chi connectivity index (χ1v) is 7.72. The molecule has 8 nitrogen and oxygen atoms in total. The molecular formula is C16H18N6O2. The Bertz CT molecular complexity index is 823. The maximum absolute atomic E-state index is 12.3. The molecule has 0 aromatic carbocycles. The number of likely N-dealkylation sites (tertiary alicyclic amines) is 1. The van der Waals surface area contributed by atoms with Crippen LogP contribution in [0, 0.1) is 17.2 Å². The van der Waals surface area contributed by atoms with Crippen molar-refractivity contribution >= 4 is 28.5 Å². The molecule has 124 valence electrons. The predicted octanol–water partition coefficient (Wildman–Crippen LogP) is 0.724. The van der Waals surface area contributed by atoms with Gasteiger partial charge in [-0.1, -0.05) is 0 Å². The number of rotatable bonds is 4. The highest BCUT2D eigenvalue weighted by Gasteiger charge is 2.35. The Balaban J connectivity index is 1.76. The number of likely N-dealkylation sites (N-methyl/N-ethyl adjacent to an activating group) is 1. The molecule has 2 unspecified atom stereocenters. The Kier molecular flexibility index (Phi) is 4.16. The second-order valence-corrected chi connectivity index (χ2v) is 5.95. The standard InChI is InChI=1S/C16H18N6O2/c1-10(23)13(7-17)16(24)22-6-4-11(8-22)21(2)15-12-3-5-18-14(12)19-9-20-15/h3,5,9,11,13H,4,6,8H2,1-2H3,(H,18,19,20). The lowest BCUT2D eigenvalue weighted by atomic mass is 10.1. The number of Topliss-reactive ketones (excluding diaryl/α,β-unsaturated/α-hetero) is 1. The van der Waals surface area contributed by atoms with Crippen molar-refractivity contribution in [3.63, 3.8) is 0 Å². The maximum Gasteiger partial charge on any atom is 0.247 e. The van der Waals surface area contributed by atoms with E-state index in [1.165, 1.54) is 13.3 Å². The highest BCUT2D eigenvalue weighted by atomic mass is 16.2. The normalized spacial score (nSPS) is 18.4. The molecule has 0 saturated carbocycles. The third-order valence-electron chi connectivity index (χ3n) is 4.47. The van der Waals surface area contributed by atoms with Crippen LogP contribution in [0.5, 0.6) is 0 Å². The van der Waals surface area contributed by atoms with Gasteiger partial charge in [0.1, 0.15) is 17.8 Å². The van der Waals surface area contributed by atoms with E-state index in [0.717, 1.165) is 23.3 Å². The summed E-state index contributed by atoms with van der Waals surface area (Å²) in [6.45, 7) is 2.27. The number of anilines is 1. The highest BCUT2D eigenvalue weighted by Crippen LogP contribution is 2.26. The molecular weight excluding hydrogens is 308 g/mol. The number of H-pyrrole nitrogens is 1. The Morgan fingerprint density at radius 2 is 2.29 bits per heavy atom. The van der Waals surface area contributed by atoms with Crippen molar-refractivity contribution in [3.05, 3.63) is 18.6 Å². The van der Waals surface area contributed by atoms with Gasteiger partial charge in [0.2, 0.25) is 5.91 Å². The number of hydrogen-bond donors (Lipinski definition) is 1. The minimum absolute atomic E-state index is 0.0771. The fourth-order valence-corrected chi connectivity index (χ4v) is 3.07. The first kappa shape index (κ1) is 15.9. The Labute approximate surface area is 139 Å². The summed E-state index contributed by atoms with van der Waals surface area (Å²) in [5, 5.41) is 9.95. The quantitative estimate of drug-likeness (QED) is 0.830. The van der Waals surface area contributed by atoms with Crippen LogP contribution in [0.4, 0.5) is 5.82 Å². The monoisotopic (exact) mass is 326 g/mol. The molecule has 2 aromatic heterocycles. The van der Waals surface area contributed by atoms with Gasteiger partial charge < -0.3 is 14.8 Å². The van der Waals surface area contributed by atoms with Gasteiger partial charge in [-0.25, -0.2) is 9.97 Å². The molecule has 0 radical (unpaired) electrons. The van der Waals surface area contributed by atoms with Crippen LogP contribution in [0.3, 0.4) is 0 Å². The fourth-order valence-electron chi connectivity index (χ4n) is 3.07. The van der Waals surface area contributed by atoms with Crippen molar-refractivity contribution in [3.8, 4) is 6.07 Å². The maximum atomic E-state index is 12.3. The summed E-state index contributed by atoms with van der Waals surface area (Å²) < 4.78 is 0. The number of aromatic amines is 1. The van der Waals surface area contributed by atoms with Crippen molar-refractivity contribution < 1.29 is 9.59 Å². The van der Waals surface area contributed by atoms with Crippen LogP contribution in [0.2, 0.25) is 0 Å². The summed E-state index contributed by atoms with van der Waals surface area (Å²) in [5.74, 6) is -1.23. The van der Waals surface area contributed by atoms with E-state index in [9.17, 15) is 9.59 Å². The molecule has 2 atom stereocenters. The minimum atomic E-state index is -1.20. The van der Waals surface area contributed by atoms with E-state index in [1.807, 2.05) is 24.2 Å².